The average Bonchev–Trinajstić information content (AvgIpc) is 3.61. The normalized spacial score (nSPS) is 33.5. The molecule has 2 heterocycles. The maximum Gasteiger partial charge on any atom is 0.247 e. The van der Waals surface area contributed by atoms with Crippen molar-refractivity contribution in [2.75, 3.05) is 6.79 Å². The third-order valence-corrected chi connectivity index (χ3v) is 9.58. The van der Waals surface area contributed by atoms with E-state index < -0.39 is 76.9 Å². The van der Waals surface area contributed by atoms with Crippen LogP contribution in [0.4, 0.5) is 0 Å². The minimum Gasteiger partial charge on any atom is -0.504 e. The Bertz CT molecular complexity index is 1580. The van der Waals surface area contributed by atoms with Crippen molar-refractivity contribution in [2.24, 2.45) is 0 Å². The van der Waals surface area contributed by atoms with Gasteiger partial charge in [-0.2, -0.15) is 0 Å². The Morgan fingerprint density at radius 1 is 0.935 bits per heavy atom. The molecule has 0 spiro atoms. The van der Waals surface area contributed by atoms with Gasteiger partial charge in [0, 0.05) is 11.0 Å². The maximum atomic E-state index is 12.9. The number of aromatic hydroxyl groups is 1. The third-order valence-electron chi connectivity index (χ3n) is 8.11. The Hall–Kier alpha value is -3.38. The van der Waals surface area contributed by atoms with E-state index in [2.05, 4.69) is 5.32 Å². The van der Waals surface area contributed by atoms with Gasteiger partial charge >= 0.3 is 0 Å². The van der Waals surface area contributed by atoms with Crippen LogP contribution in [0.5, 0.6) is 11.5 Å². The van der Waals surface area contributed by atoms with Crippen molar-refractivity contribution < 1.29 is 62.8 Å². The zero-order valence-corrected chi connectivity index (χ0v) is 25.7. The van der Waals surface area contributed by atoms with Crippen molar-refractivity contribution in [1.29, 1.82) is 0 Å². The van der Waals surface area contributed by atoms with E-state index in [1.807, 2.05) is 0 Å². The highest BCUT2D eigenvalue weighted by Crippen LogP contribution is 2.34. The summed E-state index contributed by atoms with van der Waals surface area (Å²) in [6.45, 7) is 2.75. The quantitative estimate of drug-likeness (QED) is 0.168. The Kier molecular flexibility index (Phi) is 10.2. The number of amides is 1. The summed E-state index contributed by atoms with van der Waals surface area (Å²) in [4.78, 5) is 12.9. The molecule has 14 nitrogen and oxygen atoms in total. The number of hydrogen-bond donors (Lipinski definition) is 7. The molecule has 2 aromatic rings. The number of ether oxygens (including phenoxy) is 4. The predicted molar refractivity (Wildman–Crippen MR) is 160 cm³/mol. The molecule has 15 heteroatoms. The van der Waals surface area contributed by atoms with Gasteiger partial charge in [-0.1, -0.05) is 36.4 Å². The SMILES string of the molecule is C/C(=C/S(=O)(=O)Cc1ccccc1)[C@H]1O[C@@H](Oc2ccc(/C=C(\C)C(=O)N[C@@H]3[C@H](O)[C@@H](O)[C@H]4OCO[C@H]4[C@@H]3O)cc2O)[C@@H](O)[C@@H]1O. The van der Waals surface area contributed by atoms with Crippen LogP contribution in [-0.2, 0) is 34.6 Å². The summed E-state index contributed by atoms with van der Waals surface area (Å²) >= 11 is 0. The van der Waals surface area contributed by atoms with Crippen molar-refractivity contribution in [3.8, 4) is 11.5 Å². The number of sulfone groups is 1. The van der Waals surface area contributed by atoms with Gasteiger partial charge in [0.2, 0.25) is 12.2 Å². The Morgan fingerprint density at radius 2 is 1.61 bits per heavy atom. The van der Waals surface area contributed by atoms with E-state index in [-0.39, 0.29) is 35.2 Å². The molecule has 0 radical (unpaired) electrons. The molecule has 0 aromatic heterocycles. The summed E-state index contributed by atoms with van der Waals surface area (Å²) in [7, 11) is -3.73. The fourth-order valence-corrected chi connectivity index (χ4v) is 7.14. The van der Waals surface area contributed by atoms with Gasteiger partial charge in [-0.3, -0.25) is 4.79 Å². The number of phenols is 1. The molecule has 0 bridgehead atoms. The number of aliphatic hydroxyl groups is 5. The van der Waals surface area contributed by atoms with Gasteiger partial charge < -0.3 is 54.9 Å². The van der Waals surface area contributed by atoms with E-state index in [0.29, 0.717) is 11.1 Å². The first-order chi connectivity index (χ1) is 21.8. The molecule has 2 aromatic carbocycles. The minimum absolute atomic E-state index is 0.120. The van der Waals surface area contributed by atoms with Gasteiger partial charge in [0.05, 0.1) is 11.8 Å². The second-order valence-corrected chi connectivity index (χ2v) is 13.4. The van der Waals surface area contributed by atoms with Crippen molar-refractivity contribution in [2.45, 2.75) is 80.8 Å². The molecule has 3 aliphatic rings. The summed E-state index contributed by atoms with van der Waals surface area (Å²) in [5.41, 5.74) is 1.24. The van der Waals surface area contributed by atoms with Crippen LogP contribution in [0.25, 0.3) is 6.08 Å². The zero-order valence-electron chi connectivity index (χ0n) is 24.9. The first-order valence-corrected chi connectivity index (χ1v) is 16.2. The van der Waals surface area contributed by atoms with Crippen LogP contribution in [0.2, 0.25) is 0 Å². The molecule has 7 N–H and O–H groups in total. The van der Waals surface area contributed by atoms with Gasteiger partial charge in [0.25, 0.3) is 0 Å². The largest absolute Gasteiger partial charge is 0.504 e. The van der Waals surface area contributed by atoms with Crippen LogP contribution in [0.3, 0.4) is 0 Å². The smallest absolute Gasteiger partial charge is 0.247 e. The molecule has 3 fully saturated rings. The van der Waals surface area contributed by atoms with Crippen molar-refractivity contribution in [3.63, 3.8) is 0 Å². The number of benzene rings is 2. The maximum absolute atomic E-state index is 12.9. The molecule has 2 saturated heterocycles. The molecule has 10 atom stereocenters. The molecule has 46 heavy (non-hydrogen) atoms. The minimum atomic E-state index is -3.73. The number of fused-ring (bicyclic) bond motifs is 1. The molecule has 0 unspecified atom stereocenters. The highest BCUT2D eigenvalue weighted by atomic mass is 32.2. The lowest BCUT2D eigenvalue weighted by Crippen LogP contribution is -2.67. The highest BCUT2D eigenvalue weighted by Gasteiger charge is 2.53. The fourth-order valence-electron chi connectivity index (χ4n) is 5.70. The first-order valence-electron chi connectivity index (χ1n) is 14.5. The highest BCUT2D eigenvalue weighted by molar-refractivity contribution is 7.93. The standard InChI is InChI=1S/C31H37NO13S/c1-15(30(39)32-21-22(34)24(36)29-28(23(21)35)42-14-43-29)10-18-8-9-20(19(33)11-18)44-31-26(38)25(37)27(45-31)16(2)12-46(40,41)13-17-6-4-3-5-7-17/h3-12,21-29,31,33-38H,13-14H2,1-2H3,(H,32,39)/b15-10+,16-12-/t21-,22+,23-,24-,25+,26+,27-,28+,29-,31-/m1/s1. The zero-order chi connectivity index (χ0) is 33.3. The lowest BCUT2D eigenvalue weighted by Gasteiger charge is -2.41. The van der Waals surface area contributed by atoms with Crippen LogP contribution in [0.15, 0.2) is 65.1 Å². The first kappa shape index (κ1) is 34.0. The van der Waals surface area contributed by atoms with Gasteiger partial charge in [-0.05, 0) is 48.8 Å². The number of aliphatic hydroxyl groups excluding tert-OH is 5. The lowest BCUT2D eigenvalue weighted by molar-refractivity contribution is -0.155. The molecular weight excluding hydrogens is 626 g/mol. The fraction of sp³-hybridized carbons (Fsp3) is 0.452. The van der Waals surface area contributed by atoms with Crippen LogP contribution < -0.4 is 10.1 Å². The summed E-state index contributed by atoms with van der Waals surface area (Å²) in [6.07, 6.45) is -10.4. The van der Waals surface area contributed by atoms with Crippen LogP contribution in [0.1, 0.15) is 25.0 Å². The monoisotopic (exact) mass is 663 g/mol. The summed E-state index contributed by atoms with van der Waals surface area (Å²) < 4.78 is 47.1. The topological polar surface area (TPSA) is 222 Å². The average molecular weight is 664 g/mol. The summed E-state index contributed by atoms with van der Waals surface area (Å²) in [5.74, 6) is -1.43. The Labute approximate surface area is 265 Å². The molecule has 5 rings (SSSR count). The van der Waals surface area contributed by atoms with Crippen molar-refractivity contribution in [3.05, 3.63) is 76.2 Å². The summed E-state index contributed by atoms with van der Waals surface area (Å²) in [6, 6.07) is 11.4. The Morgan fingerprint density at radius 3 is 2.28 bits per heavy atom. The number of phenolic OH excluding ortho intramolecular Hbond substituents is 1. The van der Waals surface area contributed by atoms with Crippen LogP contribution >= 0.6 is 0 Å². The van der Waals surface area contributed by atoms with Gasteiger partial charge in [-0.25, -0.2) is 8.42 Å². The van der Waals surface area contributed by atoms with Gasteiger partial charge in [0.15, 0.2) is 21.3 Å². The molecule has 2 aliphatic heterocycles. The molecule has 1 amide bonds. The van der Waals surface area contributed by atoms with Crippen LogP contribution in [-0.4, -0.2) is 113 Å². The second-order valence-electron chi connectivity index (χ2n) is 11.6. The van der Waals surface area contributed by atoms with Crippen molar-refractivity contribution in [1.82, 2.24) is 5.32 Å². The van der Waals surface area contributed by atoms with Crippen molar-refractivity contribution >= 4 is 21.8 Å². The molecule has 1 saturated carbocycles. The predicted octanol–water partition coefficient (Wildman–Crippen LogP) is -0.538. The van der Waals surface area contributed by atoms with E-state index in [1.165, 1.54) is 38.1 Å². The second kappa shape index (κ2) is 13.8. The van der Waals surface area contributed by atoms with E-state index in [0.717, 1.165) is 5.41 Å². The van der Waals surface area contributed by atoms with E-state index >= 15 is 0 Å². The van der Waals surface area contributed by atoms with Gasteiger partial charge in [-0.15, -0.1) is 0 Å². The molecule has 250 valence electrons. The molecular formula is C31H37NO13S. The number of carbonyl (C=O) groups is 1. The number of nitrogens with one attached hydrogen (secondary N) is 1. The Balaban J connectivity index is 1.21. The summed E-state index contributed by atoms with van der Waals surface area (Å²) in [5, 5.41) is 66.6. The van der Waals surface area contributed by atoms with Gasteiger partial charge in [0.1, 0.15) is 55.6 Å². The number of carbonyl (C=O) groups excluding carboxylic acids is 1. The number of hydrogen-bond acceptors (Lipinski definition) is 13. The number of rotatable bonds is 9. The van der Waals surface area contributed by atoms with E-state index in [4.69, 9.17) is 18.9 Å². The van der Waals surface area contributed by atoms with Crippen LogP contribution in [0, 0.1) is 0 Å². The van der Waals surface area contributed by atoms with E-state index in [1.54, 1.807) is 30.3 Å². The van der Waals surface area contributed by atoms with E-state index in [9.17, 15) is 43.9 Å². The molecule has 1 aliphatic carbocycles. The third kappa shape index (κ3) is 7.27. The lowest BCUT2D eigenvalue weighted by atomic mass is 9.83.